The molecule has 8 heteroatoms. The Morgan fingerprint density at radius 1 is 1.39 bits per heavy atom. The molecule has 0 bridgehead atoms. The lowest BCUT2D eigenvalue weighted by atomic mass is 10.2. The van der Waals surface area contributed by atoms with E-state index in [9.17, 15) is 14.9 Å². The van der Waals surface area contributed by atoms with Gasteiger partial charge in [-0.3, -0.25) is 15.0 Å². The summed E-state index contributed by atoms with van der Waals surface area (Å²) in [6.45, 7) is 0.693. The van der Waals surface area contributed by atoms with Crippen LogP contribution in [0.5, 0.6) is 0 Å². The number of nitrogens with zero attached hydrogens (tertiary/aromatic N) is 2. The number of furan rings is 1. The number of carbonyl (C=O) groups excluding carboxylic acids is 1. The van der Waals surface area contributed by atoms with E-state index in [0.29, 0.717) is 35.0 Å². The van der Waals surface area contributed by atoms with Crippen molar-refractivity contribution < 1.29 is 18.9 Å². The molecule has 0 saturated carbocycles. The van der Waals surface area contributed by atoms with Crippen molar-refractivity contribution >= 4 is 23.3 Å². The molecule has 2 rings (SSSR count). The molecule has 122 valence electrons. The maximum Gasteiger partial charge on any atom is 0.341 e. The van der Waals surface area contributed by atoms with Crippen molar-refractivity contribution in [2.75, 3.05) is 14.2 Å². The summed E-state index contributed by atoms with van der Waals surface area (Å²) in [7, 11) is 3.09. The molecule has 1 heterocycles. The predicted octanol–water partition coefficient (Wildman–Crippen LogP) is 3.26. The van der Waals surface area contributed by atoms with Crippen LogP contribution in [0.4, 0.5) is 5.69 Å². The second-order valence-electron chi connectivity index (χ2n) is 4.95. The third-order valence-corrected chi connectivity index (χ3v) is 3.61. The van der Waals surface area contributed by atoms with Gasteiger partial charge < -0.3 is 9.15 Å². The van der Waals surface area contributed by atoms with Crippen LogP contribution in [-0.4, -0.2) is 29.9 Å². The standard InChI is InChI=1S/C15H15ClN2O5/c1-17(9-14-12(5-6-23-14)15(19)22-2)8-10-7-11(18(20)21)3-4-13(10)16/h3-7H,8-9H2,1-2H3. The van der Waals surface area contributed by atoms with E-state index in [1.807, 2.05) is 4.90 Å². The summed E-state index contributed by atoms with van der Waals surface area (Å²) in [5.74, 6) is -0.0172. The zero-order chi connectivity index (χ0) is 17.0. The van der Waals surface area contributed by atoms with E-state index in [-0.39, 0.29) is 5.69 Å². The highest BCUT2D eigenvalue weighted by molar-refractivity contribution is 6.31. The lowest BCUT2D eigenvalue weighted by Gasteiger charge is -2.16. The van der Waals surface area contributed by atoms with Gasteiger partial charge in [-0.05, 0) is 24.7 Å². The summed E-state index contributed by atoms with van der Waals surface area (Å²) in [5.41, 5.74) is 0.949. The van der Waals surface area contributed by atoms with Crippen LogP contribution in [0, 0.1) is 10.1 Å². The van der Waals surface area contributed by atoms with Gasteiger partial charge in [0.25, 0.3) is 5.69 Å². The number of rotatable bonds is 6. The number of hydrogen-bond acceptors (Lipinski definition) is 6. The molecule has 7 nitrogen and oxygen atoms in total. The molecular weight excluding hydrogens is 324 g/mol. The van der Waals surface area contributed by atoms with Crippen molar-refractivity contribution in [3.63, 3.8) is 0 Å². The van der Waals surface area contributed by atoms with Crippen molar-refractivity contribution in [2.24, 2.45) is 0 Å². The first-order valence-corrected chi connectivity index (χ1v) is 7.06. The first kappa shape index (κ1) is 17.0. The highest BCUT2D eigenvalue weighted by Gasteiger charge is 2.17. The van der Waals surface area contributed by atoms with E-state index < -0.39 is 10.9 Å². The molecule has 0 atom stereocenters. The SMILES string of the molecule is COC(=O)c1ccoc1CN(C)Cc1cc([N+](=O)[O-])ccc1Cl. The van der Waals surface area contributed by atoms with Crippen molar-refractivity contribution in [3.05, 3.63) is 62.6 Å². The van der Waals surface area contributed by atoms with Gasteiger partial charge >= 0.3 is 5.97 Å². The number of methoxy groups -OCH3 is 1. The number of esters is 1. The van der Waals surface area contributed by atoms with Crippen molar-refractivity contribution in [1.82, 2.24) is 4.90 Å². The van der Waals surface area contributed by atoms with Gasteiger partial charge in [-0.1, -0.05) is 11.6 Å². The Bertz CT molecular complexity index is 728. The first-order valence-electron chi connectivity index (χ1n) is 6.68. The summed E-state index contributed by atoms with van der Waals surface area (Å²) < 4.78 is 9.99. The van der Waals surface area contributed by atoms with Gasteiger partial charge in [-0.2, -0.15) is 0 Å². The van der Waals surface area contributed by atoms with Crippen LogP contribution in [-0.2, 0) is 17.8 Å². The molecule has 0 saturated heterocycles. The molecule has 0 fully saturated rings. The zero-order valence-corrected chi connectivity index (χ0v) is 13.4. The topological polar surface area (TPSA) is 85.8 Å². The van der Waals surface area contributed by atoms with Gasteiger partial charge in [0.2, 0.25) is 0 Å². The molecular formula is C15H15ClN2O5. The number of non-ortho nitro benzene ring substituents is 1. The van der Waals surface area contributed by atoms with Crippen LogP contribution < -0.4 is 0 Å². The van der Waals surface area contributed by atoms with E-state index in [0.717, 1.165) is 0 Å². The predicted molar refractivity (Wildman–Crippen MR) is 83.3 cm³/mol. The van der Waals surface area contributed by atoms with Gasteiger partial charge in [0.15, 0.2) is 0 Å². The molecule has 0 amide bonds. The molecule has 0 unspecified atom stereocenters. The van der Waals surface area contributed by atoms with E-state index in [1.54, 1.807) is 7.05 Å². The normalized spacial score (nSPS) is 10.8. The number of ether oxygens (including phenoxy) is 1. The average Bonchev–Trinajstić information content (AvgIpc) is 2.96. The minimum Gasteiger partial charge on any atom is -0.467 e. The first-order chi connectivity index (χ1) is 10.9. The highest BCUT2D eigenvalue weighted by atomic mass is 35.5. The minimum atomic E-state index is -0.476. The van der Waals surface area contributed by atoms with Crippen LogP contribution in [0.1, 0.15) is 21.7 Å². The number of hydrogen-bond donors (Lipinski definition) is 0. The zero-order valence-electron chi connectivity index (χ0n) is 12.6. The number of benzene rings is 1. The summed E-state index contributed by atoms with van der Waals surface area (Å²) >= 11 is 6.08. The molecule has 0 spiro atoms. The smallest absolute Gasteiger partial charge is 0.341 e. The van der Waals surface area contributed by atoms with Crippen molar-refractivity contribution in [3.8, 4) is 0 Å². The lowest BCUT2D eigenvalue weighted by molar-refractivity contribution is -0.384. The molecule has 23 heavy (non-hydrogen) atoms. The quantitative estimate of drug-likeness (QED) is 0.456. The molecule has 0 aliphatic carbocycles. The molecule has 0 aliphatic heterocycles. The fraction of sp³-hybridized carbons (Fsp3) is 0.267. The third-order valence-electron chi connectivity index (χ3n) is 3.24. The Labute approximate surface area is 137 Å². The maximum atomic E-state index is 11.6. The Balaban J connectivity index is 2.13. The fourth-order valence-electron chi connectivity index (χ4n) is 2.14. The molecule has 0 aliphatic rings. The fourth-order valence-corrected chi connectivity index (χ4v) is 2.32. The molecule has 1 aromatic carbocycles. The van der Waals surface area contributed by atoms with Gasteiger partial charge in [-0.15, -0.1) is 0 Å². The number of carbonyl (C=O) groups is 1. The van der Waals surface area contributed by atoms with Crippen LogP contribution in [0.3, 0.4) is 0 Å². The largest absolute Gasteiger partial charge is 0.467 e. The Hall–Kier alpha value is -2.38. The van der Waals surface area contributed by atoms with Gasteiger partial charge in [0.05, 0.1) is 24.8 Å². The van der Waals surface area contributed by atoms with E-state index in [2.05, 4.69) is 4.74 Å². The number of nitro benzene ring substituents is 1. The second-order valence-corrected chi connectivity index (χ2v) is 5.36. The number of halogens is 1. The molecule has 0 N–H and O–H groups in total. The van der Waals surface area contributed by atoms with Crippen molar-refractivity contribution in [1.29, 1.82) is 0 Å². The number of nitro groups is 1. The Morgan fingerprint density at radius 2 is 2.13 bits per heavy atom. The van der Waals surface area contributed by atoms with Gasteiger partial charge in [-0.25, -0.2) is 4.79 Å². The van der Waals surface area contributed by atoms with Gasteiger partial charge in [0.1, 0.15) is 11.3 Å². The highest BCUT2D eigenvalue weighted by Crippen LogP contribution is 2.24. The molecule has 2 aromatic rings. The van der Waals surface area contributed by atoms with Crippen molar-refractivity contribution in [2.45, 2.75) is 13.1 Å². The van der Waals surface area contributed by atoms with Crippen LogP contribution in [0.25, 0.3) is 0 Å². The maximum absolute atomic E-state index is 11.6. The molecule has 0 radical (unpaired) electrons. The average molecular weight is 339 g/mol. The summed E-state index contributed by atoms with van der Waals surface area (Å²) in [6.07, 6.45) is 1.41. The van der Waals surface area contributed by atoms with E-state index in [1.165, 1.54) is 37.6 Å². The van der Waals surface area contributed by atoms with E-state index in [4.69, 9.17) is 16.0 Å². The van der Waals surface area contributed by atoms with Crippen LogP contribution in [0.2, 0.25) is 5.02 Å². The van der Waals surface area contributed by atoms with Gasteiger partial charge in [0, 0.05) is 23.7 Å². The van der Waals surface area contributed by atoms with Crippen LogP contribution >= 0.6 is 11.6 Å². The summed E-state index contributed by atoms with van der Waals surface area (Å²) in [4.78, 5) is 23.8. The Kier molecular flexibility index (Phi) is 5.36. The lowest BCUT2D eigenvalue weighted by Crippen LogP contribution is -2.19. The van der Waals surface area contributed by atoms with E-state index >= 15 is 0 Å². The monoisotopic (exact) mass is 338 g/mol. The third kappa shape index (κ3) is 4.08. The summed E-state index contributed by atoms with van der Waals surface area (Å²) in [6, 6.07) is 5.82. The minimum absolute atomic E-state index is 0.0222. The second kappa shape index (κ2) is 7.26. The summed E-state index contributed by atoms with van der Waals surface area (Å²) in [5, 5.41) is 11.3. The molecule has 1 aromatic heterocycles. The Morgan fingerprint density at radius 3 is 2.78 bits per heavy atom. The van der Waals surface area contributed by atoms with Crippen LogP contribution in [0.15, 0.2) is 34.9 Å².